The molecule has 10 heteroatoms. The molecule has 106 valence electrons. The molecule has 0 spiro atoms. The molecule has 1 atom stereocenters. The lowest BCUT2D eigenvalue weighted by Crippen LogP contribution is -2.21. The molecule has 0 saturated heterocycles. The van der Waals surface area contributed by atoms with Crippen molar-refractivity contribution < 1.29 is 41.4 Å². The van der Waals surface area contributed by atoms with Crippen LogP contribution in [0.3, 0.4) is 0 Å². The quantitative estimate of drug-likeness (QED) is 0.819. The average molecular weight is 289 g/mol. The van der Waals surface area contributed by atoms with E-state index in [4.69, 9.17) is 10.2 Å². The van der Waals surface area contributed by atoms with Crippen molar-refractivity contribution in [3.8, 4) is 0 Å². The fourth-order valence-corrected chi connectivity index (χ4v) is 1.20. The number of aliphatic hydroxyl groups excluding tert-OH is 1. The lowest BCUT2D eigenvalue weighted by atomic mass is 10.1. The Morgan fingerprint density at radius 2 is 1.63 bits per heavy atom. The molecule has 19 heavy (non-hydrogen) atoms. The van der Waals surface area contributed by atoms with Crippen LogP contribution in [0.25, 0.3) is 0 Å². The molecule has 0 saturated carbocycles. The van der Waals surface area contributed by atoms with E-state index in [0.717, 1.165) is 0 Å². The number of rotatable bonds is 2. The van der Waals surface area contributed by atoms with E-state index >= 15 is 0 Å². The first-order valence-electron chi connectivity index (χ1n) is 4.51. The largest absolute Gasteiger partial charge is 0.479 e. The van der Waals surface area contributed by atoms with Gasteiger partial charge in [0.25, 0.3) is 0 Å². The summed E-state index contributed by atoms with van der Waals surface area (Å²) in [6, 6.07) is 0.0816. The predicted molar refractivity (Wildman–Crippen MR) is 46.8 cm³/mol. The maximum atomic E-state index is 12.5. The van der Waals surface area contributed by atoms with E-state index in [1.807, 2.05) is 0 Å². The molecular weight excluding hydrogens is 284 g/mol. The first-order chi connectivity index (χ1) is 8.44. The monoisotopic (exact) mass is 289 g/mol. The number of halogens is 6. The number of hydrogen-bond acceptors (Lipinski definition) is 3. The molecule has 1 unspecified atom stereocenters. The SMILES string of the molecule is O=C(O)C(O)c1nc(C(F)(F)F)ccc1C(F)(F)F. The molecule has 0 aliphatic heterocycles. The van der Waals surface area contributed by atoms with Gasteiger partial charge in [0, 0.05) is 0 Å². The summed E-state index contributed by atoms with van der Waals surface area (Å²) in [5.74, 6) is -2.14. The third-order valence-electron chi connectivity index (χ3n) is 2.01. The summed E-state index contributed by atoms with van der Waals surface area (Å²) in [5, 5.41) is 17.4. The van der Waals surface area contributed by atoms with Gasteiger partial charge in [-0.3, -0.25) is 0 Å². The van der Waals surface area contributed by atoms with Crippen LogP contribution < -0.4 is 0 Å². The third kappa shape index (κ3) is 3.34. The number of hydrogen-bond donors (Lipinski definition) is 2. The summed E-state index contributed by atoms with van der Waals surface area (Å²) in [5.41, 5.74) is -5.07. The minimum absolute atomic E-state index is 0.0251. The smallest absolute Gasteiger partial charge is 0.433 e. The van der Waals surface area contributed by atoms with E-state index in [9.17, 15) is 31.1 Å². The average Bonchev–Trinajstić information content (AvgIpc) is 2.24. The van der Waals surface area contributed by atoms with Crippen molar-refractivity contribution in [3.05, 3.63) is 29.1 Å². The van der Waals surface area contributed by atoms with Crippen LogP contribution >= 0.6 is 0 Å². The summed E-state index contributed by atoms with van der Waals surface area (Å²) in [4.78, 5) is 13.0. The second-order valence-electron chi connectivity index (χ2n) is 3.37. The van der Waals surface area contributed by atoms with E-state index in [1.54, 1.807) is 0 Å². The van der Waals surface area contributed by atoms with Gasteiger partial charge in [0.1, 0.15) is 5.69 Å². The van der Waals surface area contributed by atoms with Crippen LogP contribution in [-0.2, 0) is 17.1 Å². The zero-order valence-corrected chi connectivity index (χ0v) is 8.75. The molecule has 0 aromatic carbocycles. The predicted octanol–water partition coefficient (Wildman–Crippen LogP) is 2.24. The molecule has 2 N–H and O–H groups in total. The first-order valence-corrected chi connectivity index (χ1v) is 4.51. The van der Waals surface area contributed by atoms with Crippen LogP contribution in [0.4, 0.5) is 26.3 Å². The van der Waals surface area contributed by atoms with Crippen molar-refractivity contribution in [1.82, 2.24) is 4.98 Å². The number of aromatic nitrogens is 1. The van der Waals surface area contributed by atoms with E-state index in [0.29, 0.717) is 0 Å². The van der Waals surface area contributed by atoms with Crippen molar-refractivity contribution in [3.63, 3.8) is 0 Å². The Labute approximate surface area is 101 Å². The van der Waals surface area contributed by atoms with Crippen LogP contribution in [-0.4, -0.2) is 21.2 Å². The number of pyridine rings is 1. The molecule has 0 aliphatic carbocycles. The topological polar surface area (TPSA) is 70.4 Å². The Balaban J connectivity index is 3.48. The highest BCUT2D eigenvalue weighted by Gasteiger charge is 2.41. The summed E-state index contributed by atoms with van der Waals surface area (Å²) in [7, 11) is 0. The van der Waals surface area contributed by atoms with Gasteiger partial charge in [-0.05, 0) is 12.1 Å². The van der Waals surface area contributed by atoms with Gasteiger partial charge in [0.05, 0.1) is 11.3 Å². The molecule has 0 radical (unpaired) electrons. The van der Waals surface area contributed by atoms with E-state index in [1.165, 1.54) is 0 Å². The zero-order valence-electron chi connectivity index (χ0n) is 8.75. The fourth-order valence-electron chi connectivity index (χ4n) is 1.20. The minimum atomic E-state index is -5.14. The Kier molecular flexibility index (Phi) is 3.75. The molecule has 0 bridgehead atoms. The lowest BCUT2D eigenvalue weighted by Gasteiger charge is -2.16. The Bertz CT molecular complexity index is 496. The van der Waals surface area contributed by atoms with Gasteiger partial charge in [-0.15, -0.1) is 0 Å². The van der Waals surface area contributed by atoms with Gasteiger partial charge in [-0.25, -0.2) is 9.78 Å². The maximum Gasteiger partial charge on any atom is 0.433 e. The number of nitrogens with zero attached hydrogens (tertiary/aromatic N) is 1. The number of carboxylic acid groups (broad SMARTS) is 1. The van der Waals surface area contributed by atoms with E-state index < -0.39 is 41.4 Å². The Morgan fingerprint density at radius 3 is 2.00 bits per heavy atom. The van der Waals surface area contributed by atoms with Crippen molar-refractivity contribution in [2.24, 2.45) is 0 Å². The molecule has 1 aromatic rings. The molecule has 1 heterocycles. The first kappa shape index (κ1) is 15.2. The number of aliphatic carboxylic acids is 1. The van der Waals surface area contributed by atoms with Gasteiger partial charge >= 0.3 is 18.3 Å². The Hall–Kier alpha value is -1.84. The number of carbonyl (C=O) groups is 1. The molecular formula is C9H5F6NO3. The fraction of sp³-hybridized carbons (Fsp3) is 0.333. The molecule has 1 aromatic heterocycles. The van der Waals surface area contributed by atoms with Gasteiger partial charge in [0.15, 0.2) is 6.10 Å². The van der Waals surface area contributed by atoms with Crippen LogP contribution in [0, 0.1) is 0 Å². The summed E-state index contributed by atoms with van der Waals surface area (Å²) in [6.45, 7) is 0. The molecule has 0 fully saturated rings. The molecule has 4 nitrogen and oxygen atoms in total. The van der Waals surface area contributed by atoms with Gasteiger partial charge in [-0.1, -0.05) is 0 Å². The van der Waals surface area contributed by atoms with E-state index in [2.05, 4.69) is 4.98 Å². The van der Waals surface area contributed by atoms with Gasteiger partial charge in [0.2, 0.25) is 0 Å². The normalized spacial score (nSPS) is 14.3. The van der Waals surface area contributed by atoms with Gasteiger partial charge in [-0.2, -0.15) is 26.3 Å². The van der Waals surface area contributed by atoms with Gasteiger partial charge < -0.3 is 10.2 Å². The maximum absolute atomic E-state index is 12.5. The highest BCUT2D eigenvalue weighted by Crippen LogP contribution is 2.36. The van der Waals surface area contributed by atoms with Crippen molar-refractivity contribution in [2.75, 3.05) is 0 Å². The van der Waals surface area contributed by atoms with Crippen LogP contribution in [0.1, 0.15) is 23.1 Å². The molecule has 0 aliphatic rings. The van der Waals surface area contributed by atoms with Crippen molar-refractivity contribution >= 4 is 5.97 Å². The number of aliphatic hydroxyl groups is 1. The van der Waals surface area contributed by atoms with Crippen LogP contribution in [0.2, 0.25) is 0 Å². The van der Waals surface area contributed by atoms with Crippen molar-refractivity contribution in [2.45, 2.75) is 18.5 Å². The van der Waals surface area contributed by atoms with Crippen LogP contribution in [0.5, 0.6) is 0 Å². The highest BCUT2D eigenvalue weighted by atomic mass is 19.4. The summed E-state index contributed by atoms with van der Waals surface area (Å²) >= 11 is 0. The van der Waals surface area contributed by atoms with E-state index in [-0.39, 0.29) is 12.1 Å². The minimum Gasteiger partial charge on any atom is -0.479 e. The second kappa shape index (κ2) is 4.68. The zero-order chi connectivity index (χ0) is 15.0. The second-order valence-corrected chi connectivity index (χ2v) is 3.37. The molecule has 1 rings (SSSR count). The highest BCUT2D eigenvalue weighted by molar-refractivity contribution is 5.74. The Morgan fingerprint density at radius 1 is 1.11 bits per heavy atom. The standard InChI is InChI=1S/C9H5F6NO3/c10-8(11,12)3-1-2-4(9(13,14)15)16-5(3)6(17)7(18)19/h1-2,6,17H,(H,18,19). The summed E-state index contributed by atoms with van der Waals surface area (Å²) < 4.78 is 74.3. The summed E-state index contributed by atoms with van der Waals surface area (Å²) in [6.07, 6.45) is -13.0. The third-order valence-corrected chi connectivity index (χ3v) is 2.01. The van der Waals surface area contributed by atoms with Crippen molar-refractivity contribution in [1.29, 1.82) is 0 Å². The number of carboxylic acids is 1. The molecule has 0 amide bonds. The lowest BCUT2D eigenvalue weighted by molar-refractivity contribution is -0.152. The van der Waals surface area contributed by atoms with Crippen LogP contribution in [0.15, 0.2) is 12.1 Å². The number of alkyl halides is 6.